The number of nitrogens with one attached hydrogen (secondary N) is 1. The molecule has 21 heavy (non-hydrogen) atoms. The summed E-state index contributed by atoms with van der Waals surface area (Å²) in [6, 6.07) is 20.7. The van der Waals surface area contributed by atoms with Crippen molar-refractivity contribution in [1.82, 2.24) is 5.32 Å². The van der Waals surface area contributed by atoms with E-state index in [2.05, 4.69) is 78.7 Å². The normalized spacial score (nSPS) is 22.3. The molecule has 1 aliphatic rings. The molecule has 0 amide bonds. The van der Waals surface area contributed by atoms with Gasteiger partial charge in [-0.3, -0.25) is 0 Å². The van der Waals surface area contributed by atoms with E-state index in [9.17, 15) is 0 Å². The standard InChI is InChI=1S/C19H24N2/c1-3-16-8-7-11-18(12-16)21-14-19(20-13-15(21)2)17-9-5-4-6-10-17/h4-12,15,19-20H,3,13-14H2,1-2H3. The maximum atomic E-state index is 3.67. The van der Waals surface area contributed by atoms with Gasteiger partial charge in [-0.2, -0.15) is 0 Å². The Hall–Kier alpha value is -1.80. The van der Waals surface area contributed by atoms with E-state index in [-0.39, 0.29) is 0 Å². The van der Waals surface area contributed by atoms with Crippen LogP contribution in [-0.2, 0) is 6.42 Å². The Labute approximate surface area is 127 Å². The minimum atomic E-state index is 0.410. The lowest BCUT2D eigenvalue weighted by molar-refractivity contribution is 0.414. The van der Waals surface area contributed by atoms with Gasteiger partial charge in [0.15, 0.2) is 0 Å². The highest BCUT2D eigenvalue weighted by Crippen LogP contribution is 2.26. The number of aryl methyl sites for hydroxylation is 1. The number of benzene rings is 2. The monoisotopic (exact) mass is 280 g/mol. The molecule has 110 valence electrons. The second kappa shape index (κ2) is 6.31. The van der Waals surface area contributed by atoms with Crippen LogP contribution in [0.3, 0.4) is 0 Å². The molecule has 0 radical (unpaired) electrons. The number of rotatable bonds is 3. The molecule has 1 aliphatic heterocycles. The number of anilines is 1. The Morgan fingerprint density at radius 1 is 1.10 bits per heavy atom. The van der Waals surface area contributed by atoms with E-state index in [1.54, 1.807) is 0 Å². The Morgan fingerprint density at radius 2 is 1.90 bits per heavy atom. The van der Waals surface area contributed by atoms with Crippen molar-refractivity contribution >= 4 is 5.69 Å². The maximum Gasteiger partial charge on any atom is 0.0499 e. The molecule has 0 spiro atoms. The van der Waals surface area contributed by atoms with Gasteiger partial charge in [0.25, 0.3) is 0 Å². The summed E-state index contributed by atoms with van der Waals surface area (Å²) in [6.45, 7) is 6.56. The molecule has 2 atom stereocenters. The van der Waals surface area contributed by atoms with Crippen LogP contribution in [0.5, 0.6) is 0 Å². The quantitative estimate of drug-likeness (QED) is 0.920. The Morgan fingerprint density at radius 3 is 2.67 bits per heavy atom. The summed E-state index contributed by atoms with van der Waals surface area (Å²) in [4.78, 5) is 2.54. The maximum absolute atomic E-state index is 3.67. The van der Waals surface area contributed by atoms with Gasteiger partial charge in [0.1, 0.15) is 0 Å². The lowest BCUT2D eigenvalue weighted by Crippen LogP contribution is -2.51. The van der Waals surface area contributed by atoms with Crippen molar-refractivity contribution in [3.8, 4) is 0 Å². The van der Waals surface area contributed by atoms with Crippen LogP contribution in [0, 0.1) is 0 Å². The SMILES string of the molecule is CCc1cccc(N2CC(c3ccccc3)NCC2C)c1. The van der Waals surface area contributed by atoms with Gasteiger partial charge < -0.3 is 10.2 Å². The first kappa shape index (κ1) is 14.2. The summed E-state index contributed by atoms with van der Waals surface area (Å²) in [6.07, 6.45) is 1.09. The van der Waals surface area contributed by atoms with Crippen molar-refractivity contribution in [3.63, 3.8) is 0 Å². The van der Waals surface area contributed by atoms with Gasteiger partial charge in [0, 0.05) is 30.9 Å². The van der Waals surface area contributed by atoms with Crippen molar-refractivity contribution in [1.29, 1.82) is 0 Å². The molecule has 3 rings (SSSR count). The summed E-state index contributed by atoms with van der Waals surface area (Å²) in [7, 11) is 0. The molecule has 0 aliphatic carbocycles. The van der Waals surface area contributed by atoms with Crippen molar-refractivity contribution in [3.05, 3.63) is 65.7 Å². The zero-order valence-electron chi connectivity index (χ0n) is 12.9. The molecule has 1 N–H and O–H groups in total. The van der Waals surface area contributed by atoms with E-state index < -0.39 is 0 Å². The fourth-order valence-corrected chi connectivity index (χ4v) is 3.09. The highest BCUT2D eigenvalue weighted by molar-refractivity contribution is 5.50. The lowest BCUT2D eigenvalue weighted by atomic mass is 10.0. The highest BCUT2D eigenvalue weighted by atomic mass is 15.2. The van der Waals surface area contributed by atoms with Gasteiger partial charge in [-0.25, -0.2) is 0 Å². The fourth-order valence-electron chi connectivity index (χ4n) is 3.09. The minimum absolute atomic E-state index is 0.410. The van der Waals surface area contributed by atoms with Crippen LogP contribution in [-0.4, -0.2) is 19.1 Å². The van der Waals surface area contributed by atoms with Gasteiger partial charge in [-0.05, 0) is 36.6 Å². The van der Waals surface area contributed by atoms with Gasteiger partial charge in [-0.15, -0.1) is 0 Å². The molecule has 0 bridgehead atoms. The Balaban J connectivity index is 1.83. The zero-order valence-corrected chi connectivity index (χ0v) is 12.9. The third-order valence-electron chi connectivity index (χ3n) is 4.42. The van der Waals surface area contributed by atoms with Crippen LogP contribution < -0.4 is 10.2 Å². The van der Waals surface area contributed by atoms with Crippen LogP contribution in [0.2, 0.25) is 0 Å². The molecule has 2 unspecified atom stereocenters. The molecule has 2 nitrogen and oxygen atoms in total. The predicted molar refractivity (Wildman–Crippen MR) is 89.8 cm³/mol. The number of piperazine rings is 1. The second-order valence-corrected chi connectivity index (χ2v) is 5.90. The van der Waals surface area contributed by atoms with Crippen LogP contribution >= 0.6 is 0 Å². The first-order chi connectivity index (χ1) is 10.3. The molecular weight excluding hydrogens is 256 g/mol. The average molecular weight is 280 g/mol. The van der Waals surface area contributed by atoms with Crippen LogP contribution in [0.15, 0.2) is 54.6 Å². The summed E-state index contributed by atoms with van der Waals surface area (Å²) in [5.41, 5.74) is 4.14. The van der Waals surface area contributed by atoms with E-state index in [4.69, 9.17) is 0 Å². The molecule has 1 heterocycles. The van der Waals surface area contributed by atoms with Crippen LogP contribution in [0.4, 0.5) is 5.69 Å². The van der Waals surface area contributed by atoms with E-state index in [1.165, 1.54) is 16.8 Å². The summed E-state index contributed by atoms with van der Waals surface area (Å²) >= 11 is 0. The average Bonchev–Trinajstić information content (AvgIpc) is 2.56. The zero-order chi connectivity index (χ0) is 14.7. The van der Waals surface area contributed by atoms with Gasteiger partial charge in [0.2, 0.25) is 0 Å². The molecule has 2 aromatic rings. The van der Waals surface area contributed by atoms with E-state index in [0.717, 1.165) is 19.5 Å². The van der Waals surface area contributed by atoms with Gasteiger partial charge in [0.05, 0.1) is 0 Å². The fraction of sp³-hybridized carbons (Fsp3) is 0.368. The van der Waals surface area contributed by atoms with Crippen molar-refractivity contribution in [2.24, 2.45) is 0 Å². The smallest absolute Gasteiger partial charge is 0.0499 e. The number of nitrogens with zero attached hydrogens (tertiary/aromatic N) is 1. The largest absolute Gasteiger partial charge is 0.366 e. The van der Waals surface area contributed by atoms with Gasteiger partial charge in [-0.1, -0.05) is 49.4 Å². The Kier molecular flexibility index (Phi) is 4.26. The first-order valence-corrected chi connectivity index (χ1v) is 7.92. The molecule has 1 fully saturated rings. The van der Waals surface area contributed by atoms with Crippen molar-refractivity contribution < 1.29 is 0 Å². The molecule has 0 aromatic heterocycles. The summed E-state index contributed by atoms with van der Waals surface area (Å²) in [5, 5.41) is 3.67. The molecule has 2 aromatic carbocycles. The third kappa shape index (κ3) is 3.11. The predicted octanol–water partition coefficient (Wildman–Crippen LogP) is 3.79. The topological polar surface area (TPSA) is 15.3 Å². The number of hydrogen-bond acceptors (Lipinski definition) is 2. The van der Waals surface area contributed by atoms with E-state index >= 15 is 0 Å². The van der Waals surface area contributed by atoms with Gasteiger partial charge >= 0.3 is 0 Å². The van der Waals surface area contributed by atoms with Crippen LogP contribution in [0.1, 0.15) is 31.0 Å². The summed E-state index contributed by atoms with van der Waals surface area (Å²) in [5.74, 6) is 0. The van der Waals surface area contributed by atoms with Crippen molar-refractivity contribution in [2.75, 3.05) is 18.0 Å². The second-order valence-electron chi connectivity index (χ2n) is 5.90. The van der Waals surface area contributed by atoms with Crippen LogP contribution in [0.25, 0.3) is 0 Å². The minimum Gasteiger partial charge on any atom is -0.366 e. The van der Waals surface area contributed by atoms with E-state index in [1.807, 2.05) is 0 Å². The third-order valence-corrected chi connectivity index (χ3v) is 4.42. The first-order valence-electron chi connectivity index (χ1n) is 7.92. The lowest BCUT2D eigenvalue weighted by Gasteiger charge is -2.40. The van der Waals surface area contributed by atoms with Crippen molar-refractivity contribution in [2.45, 2.75) is 32.4 Å². The van der Waals surface area contributed by atoms with E-state index in [0.29, 0.717) is 12.1 Å². The number of hydrogen-bond donors (Lipinski definition) is 1. The Bertz CT molecular complexity index is 579. The molecule has 1 saturated heterocycles. The molecular formula is C19H24N2. The summed E-state index contributed by atoms with van der Waals surface area (Å²) < 4.78 is 0. The molecule has 2 heteroatoms. The highest BCUT2D eigenvalue weighted by Gasteiger charge is 2.26. The molecule has 0 saturated carbocycles.